The van der Waals surface area contributed by atoms with Crippen molar-refractivity contribution in [2.75, 3.05) is 10.6 Å². The van der Waals surface area contributed by atoms with Gasteiger partial charge in [0.2, 0.25) is 11.8 Å². The lowest BCUT2D eigenvalue weighted by molar-refractivity contribution is -0.384. The maximum absolute atomic E-state index is 13.4. The van der Waals surface area contributed by atoms with Crippen molar-refractivity contribution in [3.8, 4) is 0 Å². The van der Waals surface area contributed by atoms with Crippen LogP contribution in [0.2, 0.25) is 5.02 Å². The zero-order chi connectivity index (χ0) is 27.1. The Bertz CT molecular complexity index is 1460. The van der Waals surface area contributed by atoms with Crippen LogP contribution in [0.3, 0.4) is 0 Å². The predicted molar refractivity (Wildman–Crippen MR) is 152 cm³/mol. The molecule has 38 heavy (non-hydrogen) atoms. The molecule has 0 aromatic heterocycles. The summed E-state index contributed by atoms with van der Waals surface area (Å²) in [6, 6.07) is 28.1. The van der Waals surface area contributed by atoms with Crippen LogP contribution in [0.25, 0.3) is 0 Å². The SMILES string of the molecule is Cc1cc([N+](=O)[O-])ccc1NC(=O)C(Sc1cccc(NC(=O)Cc2ccc(Cl)cc2)c1)c1ccccc1. The fourth-order valence-electron chi connectivity index (χ4n) is 3.78. The molecule has 0 radical (unpaired) electrons. The molecule has 4 aromatic carbocycles. The standard InChI is InChI=1S/C29H24ClN3O4S/c1-19-16-24(33(36)37)14-15-26(19)32-29(35)28(21-6-3-2-4-7-21)38-25-9-5-8-23(18-25)31-27(34)17-20-10-12-22(30)13-11-20/h2-16,18,28H,17H2,1H3,(H,31,34)(H,32,35). The Morgan fingerprint density at radius 2 is 1.66 bits per heavy atom. The number of nitro benzene ring substituents is 1. The number of hydrogen-bond acceptors (Lipinski definition) is 5. The van der Waals surface area contributed by atoms with E-state index in [9.17, 15) is 19.7 Å². The molecular formula is C29H24ClN3O4S. The minimum atomic E-state index is -0.606. The van der Waals surface area contributed by atoms with E-state index in [0.717, 1.165) is 16.0 Å². The molecule has 2 N–H and O–H groups in total. The number of halogens is 1. The van der Waals surface area contributed by atoms with Gasteiger partial charge in [0.1, 0.15) is 5.25 Å². The van der Waals surface area contributed by atoms with Gasteiger partial charge < -0.3 is 10.6 Å². The summed E-state index contributed by atoms with van der Waals surface area (Å²) in [5, 5.41) is 16.9. The van der Waals surface area contributed by atoms with E-state index < -0.39 is 10.2 Å². The summed E-state index contributed by atoms with van der Waals surface area (Å²) in [5.41, 5.74) is 3.32. The third-order valence-corrected chi connectivity index (χ3v) is 7.17. The minimum absolute atomic E-state index is 0.0376. The van der Waals surface area contributed by atoms with Gasteiger partial charge in [0, 0.05) is 33.4 Å². The molecule has 9 heteroatoms. The maximum atomic E-state index is 13.4. The fraction of sp³-hybridized carbons (Fsp3) is 0.103. The number of amides is 2. The first-order valence-electron chi connectivity index (χ1n) is 11.7. The first-order chi connectivity index (χ1) is 18.3. The topological polar surface area (TPSA) is 101 Å². The molecule has 1 unspecified atom stereocenters. The molecule has 4 rings (SSSR count). The van der Waals surface area contributed by atoms with Crippen molar-refractivity contribution in [3.05, 3.63) is 129 Å². The number of nitrogens with zero attached hydrogens (tertiary/aromatic N) is 1. The summed E-state index contributed by atoms with van der Waals surface area (Å²) in [7, 11) is 0. The zero-order valence-electron chi connectivity index (χ0n) is 20.4. The number of carbonyl (C=O) groups is 2. The van der Waals surface area contributed by atoms with Crippen molar-refractivity contribution in [1.82, 2.24) is 0 Å². The number of carbonyl (C=O) groups excluding carboxylic acids is 2. The Hall–Kier alpha value is -4.14. The Balaban J connectivity index is 1.50. The third kappa shape index (κ3) is 7.21. The van der Waals surface area contributed by atoms with Crippen LogP contribution in [0.1, 0.15) is 21.9 Å². The van der Waals surface area contributed by atoms with Crippen LogP contribution in [0.5, 0.6) is 0 Å². The Labute approximate surface area is 229 Å². The van der Waals surface area contributed by atoms with Gasteiger partial charge in [-0.1, -0.05) is 60.1 Å². The molecule has 7 nitrogen and oxygen atoms in total. The van der Waals surface area contributed by atoms with Crippen LogP contribution in [0.4, 0.5) is 17.1 Å². The van der Waals surface area contributed by atoms with E-state index in [4.69, 9.17) is 11.6 Å². The average Bonchev–Trinajstić information content (AvgIpc) is 2.90. The monoisotopic (exact) mass is 545 g/mol. The normalized spacial score (nSPS) is 11.4. The van der Waals surface area contributed by atoms with Gasteiger partial charge in [-0.2, -0.15) is 0 Å². The second kappa shape index (κ2) is 12.4. The molecule has 0 fully saturated rings. The number of non-ortho nitro benzene ring substituents is 1. The van der Waals surface area contributed by atoms with Crippen molar-refractivity contribution in [1.29, 1.82) is 0 Å². The maximum Gasteiger partial charge on any atom is 0.269 e. The van der Waals surface area contributed by atoms with Gasteiger partial charge in [-0.15, -0.1) is 11.8 Å². The second-order valence-corrected chi connectivity index (χ2v) is 10.1. The molecule has 4 aromatic rings. The fourth-order valence-corrected chi connectivity index (χ4v) is 4.99. The van der Waals surface area contributed by atoms with Gasteiger partial charge in [0.05, 0.1) is 11.3 Å². The zero-order valence-corrected chi connectivity index (χ0v) is 22.0. The van der Waals surface area contributed by atoms with Crippen LogP contribution < -0.4 is 10.6 Å². The Morgan fingerprint density at radius 1 is 0.921 bits per heavy atom. The molecular weight excluding hydrogens is 522 g/mol. The van der Waals surface area contributed by atoms with E-state index in [1.807, 2.05) is 60.7 Å². The van der Waals surface area contributed by atoms with Crippen molar-refractivity contribution >= 4 is 52.2 Å². The highest BCUT2D eigenvalue weighted by molar-refractivity contribution is 8.00. The highest BCUT2D eigenvalue weighted by Crippen LogP contribution is 2.37. The first-order valence-corrected chi connectivity index (χ1v) is 13.0. The highest BCUT2D eigenvalue weighted by Gasteiger charge is 2.23. The highest BCUT2D eigenvalue weighted by atomic mass is 35.5. The van der Waals surface area contributed by atoms with Crippen LogP contribution in [-0.2, 0) is 16.0 Å². The van der Waals surface area contributed by atoms with E-state index in [1.54, 1.807) is 25.1 Å². The molecule has 0 aliphatic carbocycles. The van der Waals surface area contributed by atoms with Gasteiger partial charge in [0.15, 0.2) is 0 Å². The minimum Gasteiger partial charge on any atom is -0.326 e. The number of nitro groups is 1. The van der Waals surface area contributed by atoms with Crippen molar-refractivity contribution in [2.45, 2.75) is 23.5 Å². The summed E-state index contributed by atoms with van der Waals surface area (Å²) in [6.45, 7) is 1.71. The van der Waals surface area contributed by atoms with E-state index in [0.29, 0.717) is 22.0 Å². The van der Waals surface area contributed by atoms with E-state index >= 15 is 0 Å². The van der Waals surface area contributed by atoms with Gasteiger partial charge in [-0.25, -0.2) is 0 Å². The summed E-state index contributed by atoms with van der Waals surface area (Å²) < 4.78 is 0. The number of aryl methyl sites for hydroxylation is 1. The number of hydrogen-bond donors (Lipinski definition) is 2. The Kier molecular flexibility index (Phi) is 8.78. The van der Waals surface area contributed by atoms with Crippen molar-refractivity contribution in [3.63, 3.8) is 0 Å². The average molecular weight is 546 g/mol. The second-order valence-electron chi connectivity index (χ2n) is 8.53. The number of benzene rings is 4. The van der Waals surface area contributed by atoms with Crippen LogP contribution >= 0.6 is 23.4 Å². The molecule has 1 atom stereocenters. The predicted octanol–water partition coefficient (Wildman–Crippen LogP) is 7.21. The van der Waals surface area contributed by atoms with Gasteiger partial charge in [0.25, 0.3) is 5.69 Å². The molecule has 2 amide bonds. The summed E-state index contributed by atoms with van der Waals surface area (Å²) in [6.07, 6.45) is 0.207. The van der Waals surface area contributed by atoms with Crippen molar-refractivity contribution in [2.24, 2.45) is 0 Å². The van der Waals surface area contributed by atoms with Crippen LogP contribution in [-0.4, -0.2) is 16.7 Å². The molecule has 192 valence electrons. The van der Waals surface area contributed by atoms with E-state index in [2.05, 4.69) is 10.6 Å². The number of anilines is 2. The van der Waals surface area contributed by atoms with E-state index in [1.165, 1.54) is 30.0 Å². The molecule has 0 bridgehead atoms. The molecule has 0 aliphatic rings. The lowest BCUT2D eigenvalue weighted by Crippen LogP contribution is -2.19. The number of nitrogens with one attached hydrogen (secondary N) is 2. The summed E-state index contributed by atoms with van der Waals surface area (Å²) in [5.74, 6) is -0.434. The smallest absolute Gasteiger partial charge is 0.269 e. The van der Waals surface area contributed by atoms with Gasteiger partial charge in [-0.05, 0) is 60.0 Å². The number of thioether (sulfide) groups is 1. The molecule has 0 saturated carbocycles. The lowest BCUT2D eigenvalue weighted by atomic mass is 10.1. The van der Waals surface area contributed by atoms with Crippen LogP contribution in [0, 0.1) is 17.0 Å². The van der Waals surface area contributed by atoms with E-state index in [-0.39, 0.29) is 23.9 Å². The molecule has 0 saturated heterocycles. The number of rotatable bonds is 9. The van der Waals surface area contributed by atoms with Gasteiger partial charge >= 0.3 is 0 Å². The van der Waals surface area contributed by atoms with Crippen LogP contribution in [0.15, 0.2) is 102 Å². The Morgan fingerprint density at radius 3 is 2.34 bits per heavy atom. The summed E-state index contributed by atoms with van der Waals surface area (Å²) in [4.78, 5) is 37.4. The molecule has 0 heterocycles. The molecule has 0 aliphatic heterocycles. The van der Waals surface area contributed by atoms with Crippen molar-refractivity contribution < 1.29 is 14.5 Å². The third-order valence-electron chi connectivity index (χ3n) is 5.67. The summed E-state index contributed by atoms with van der Waals surface area (Å²) >= 11 is 7.26. The van der Waals surface area contributed by atoms with Gasteiger partial charge in [-0.3, -0.25) is 19.7 Å². The lowest BCUT2D eigenvalue weighted by Gasteiger charge is -2.18. The molecule has 0 spiro atoms. The quantitative estimate of drug-likeness (QED) is 0.131. The first kappa shape index (κ1) is 26.9. The largest absolute Gasteiger partial charge is 0.326 e.